The second-order valence-corrected chi connectivity index (χ2v) is 20.7. The first-order valence-electron chi connectivity index (χ1n) is 18.9. The van der Waals surface area contributed by atoms with Crippen molar-refractivity contribution in [2.75, 3.05) is 73.2 Å². The Hall–Kier alpha value is -3.04. The highest BCUT2D eigenvalue weighted by atomic mass is 79.9. The van der Waals surface area contributed by atoms with Crippen molar-refractivity contribution in [2.45, 2.75) is 24.7 Å². The van der Waals surface area contributed by atoms with Gasteiger partial charge in [0.25, 0.3) is 0 Å². The van der Waals surface area contributed by atoms with Crippen molar-refractivity contribution in [3.63, 3.8) is 0 Å². The van der Waals surface area contributed by atoms with Crippen molar-refractivity contribution >= 4 is 70.6 Å². The SMILES string of the molecule is CC1(c2cccc(NS(C)(=O)=O)c2)C2CN(CCOc3ccccc3Cl)CC21.CC1(c2cccc(NS(C)(=O)=O)c2)C2CNCC21.Clc1ccccc1OCCBr. The topological polar surface area (TPSA) is 126 Å². The number of halogens is 3. The summed E-state index contributed by atoms with van der Waals surface area (Å²) in [6, 6.07) is 30.6. The maximum atomic E-state index is 11.5. The summed E-state index contributed by atoms with van der Waals surface area (Å²) in [4.78, 5) is 2.44. The van der Waals surface area contributed by atoms with Crippen molar-refractivity contribution in [3.05, 3.63) is 118 Å². The molecule has 4 aromatic rings. The Morgan fingerprint density at radius 2 is 1.12 bits per heavy atom. The Bertz CT molecular complexity index is 2230. The minimum absolute atomic E-state index is 0.120. The van der Waals surface area contributed by atoms with Crippen LogP contribution in [0.2, 0.25) is 10.0 Å². The third kappa shape index (κ3) is 10.8. The van der Waals surface area contributed by atoms with Gasteiger partial charge in [-0.2, -0.15) is 0 Å². The normalized spacial score (nSPS) is 25.7. The maximum absolute atomic E-state index is 11.5. The van der Waals surface area contributed by atoms with Gasteiger partial charge in [-0.1, -0.05) is 102 Å². The van der Waals surface area contributed by atoms with Gasteiger partial charge in [-0.15, -0.1) is 0 Å². The highest BCUT2D eigenvalue weighted by molar-refractivity contribution is 9.09. The molecule has 15 heteroatoms. The van der Waals surface area contributed by atoms with Gasteiger partial charge in [-0.05, 0) is 96.4 Å². The number of benzene rings is 4. The van der Waals surface area contributed by atoms with Gasteiger partial charge in [0.05, 0.1) is 29.2 Å². The number of nitrogens with one attached hydrogen (secondary N) is 3. The summed E-state index contributed by atoms with van der Waals surface area (Å²) >= 11 is 15.2. The summed E-state index contributed by atoms with van der Waals surface area (Å²) in [5.41, 5.74) is 4.09. The first kappa shape index (κ1) is 43.5. The number of likely N-dealkylation sites (tertiary alicyclic amines) is 1. The Morgan fingerprint density at radius 1 is 0.684 bits per heavy atom. The summed E-state index contributed by atoms with van der Waals surface area (Å²) < 4.78 is 61.7. The van der Waals surface area contributed by atoms with Gasteiger partial charge >= 0.3 is 0 Å². The lowest BCUT2D eigenvalue weighted by atomic mass is 9.92. The number of piperidine rings is 2. The summed E-state index contributed by atoms with van der Waals surface area (Å²) in [5.74, 6) is 4.07. The predicted octanol–water partition coefficient (Wildman–Crippen LogP) is 7.89. The molecule has 4 unspecified atom stereocenters. The van der Waals surface area contributed by atoms with Crippen LogP contribution >= 0.6 is 39.1 Å². The number of sulfonamides is 2. The van der Waals surface area contributed by atoms with E-state index in [1.54, 1.807) is 12.1 Å². The standard InChI is InChI=1S/C21H25ClN2O3S.C13H18N2O2S.C8H8BrClO/c1-21(15-6-5-7-16(12-15)23-28(2,25)26)17-13-24(14-18(17)21)10-11-27-20-9-4-3-8-19(20)22;1-13(11-7-14-8-12(11)13)9-4-3-5-10(6-9)15-18(2,16)17;9-5-6-11-8-4-2-1-3-7(8)10/h3-9,12,17-18,23H,10-11,13-14H2,1-2H3;3-6,11-12,14-15H,7-8H2,1-2H3;1-4H,5-6H2. The molecule has 4 aliphatic rings. The molecule has 0 aromatic heterocycles. The summed E-state index contributed by atoms with van der Waals surface area (Å²) in [7, 11) is -6.46. The number of alkyl halides is 1. The number of hydrogen-bond acceptors (Lipinski definition) is 8. The van der Waals surface area contributed by atoms with E-state index in [9.17, 15) is 16.8 Å². The Kier molecular flexibility index (Phi) is 13.8. The smallest absolute Gasteiger partial charge is 0.229 e. The third-order valence-corrected chi connectivity index (χ3v) is 13.9. The predicted molar refractivity (Wildman–Crippen MR) is 235 cm³/mol. The molecule has 4 fully saturated rings. The summed E-state index contributed by atoms with van der Waals surface area (Å²) in [6.07, 6.45) is 2.35. The molecule has 0 bridgehead atoms. The van der Waals surface area contributed by atoms with Crippen LogP contribution in [0.5, 0.6) is 11.5 Å². The van der Waals surface area contributed by atoms with E-state index in [1.165, 1.54) is 23.6 Å². The fourth-order valence-electron chi connectivity index (χ4n) is 8.62. The molecule has 2 heterocycles. The second kappa shape index (κ2) is 18.1. The summed E-state index contributed by atoms with van der Waals surface area (Å²) in [6.45, 7) is 10.9. The van der Waals surface area contributed by atoms with Crippen LogP contribution in [0.15, 0.2) is 97.1 Å². The maximum Gasteiger partial charge on any atom is 0.229 e. The zero-order valence-electron chi connectivity index (χ0n) is 32.6. The molecule has 57 heavy (non-hydrogen) atoms. The lowest BCUT2D eigenvalue weighted by Crippen LogP contribution is -2.32. The number of hydrogen-bond donors (Lipinski definition) is 3. The van der Waals surface area contributed by atoms with Crippen LogP contribution in [-0.2, 0) is 30.9 Å². The zero-order valence-corrected chi connectivity index (χ0v) is 37.3. The molecule has 8 rings (SSSR count). The van der Waals surface area contributed by atoms with E-state index in [0.717, 1.165) is 49.6 Å². The quantitative estimate of drug-likeness (QED) is 0.116. The van der Waals surface area contributed by atoms with E-state index in [2.05, 4.69) is 61.6 Å². The lowest BCUT2D eigenvalue weighted by molar-refractivity contribution is 0.213. The van der Waals surface area contributed by atoms with Gasteiger partial charge in [-0.25, -0.2) is 16.8 Å². The number of ether oxygens (including phenoxy) is 2. The number of para-hydroxylation sites is 2. The zero-order chi connectivity index (χ0) is 41.0. The molecule has 2 aliphatic heterocycles. The number of fused-ring (bicyclic) bond motifs is 2. The van der Waals surface area contributed by atoms with Crippen molar-refractivity contribution in [1.29, 1.82) is 0 Å². The molecule has 2 saturated carbocycles. The first-order chi connectivity index (χ1) is 27.0. The van der Waals surface area contributed by atoms with E-state index >= 15 is 0 Å². The fraction of sp³-hybridized carbons (Fsp3) is 0.429. The van der Waals surface area contributed by atoms with Gasteiger partial charge in [0.2, 0.25) is 20.0 Å². The summed E-state index contributed by atoms with van der Waals surface area (Å²) in [5, 5.41) is 5.51. The molecule has 0 amide bonds. The first-order valence-corrected chi connectivity index (χ1v) is 24.6. The minimum atomic E-state index is -3.26. The molecule has 2 aliphatic carbocycles. The molecule has 10 nitrogen and oxygen atoms in total. The molecule has 4 atom stereocenters. The average molecular weight is 923 g/mol. The van der Waals surface area contributed by atoms with Crippen molar-refractivity contribution in [2.24, 2.45) is 23.7 Å². The van der Waals surface area contributed by atoms with Gasteiger partial charge in [0, 0.05) is 47.2 Å². The van der Waals surface area contributed by atoms with Crippen LogP contribution in [0.3, 0.4) is 0 Å². The Labute approximate surface area is 356 Å². The van der Waals surface area contributed by atoms with E-state index in [4.69, 9.17) is 32.7 Å². The monoisotopic (exact) mass is 920 g/mol. The van der Waals surface area contributed by atoms with Gasteiger partial charge in [0.15, 0.2) is 0 Å². The molecule has 3 N–H and O–H groups in total. The molecule has 2 saturated heterocycles. The van der Waals surface area contributed by atoms with Crippen LogP contribution in [0.1, 0.15) is 25.0 Å². The Balaban J connectivity index is 0.000000161. The van der Waals surface area contributed by atoms with Crippen LogP contribution in [0.4, 0.5) is 11.4 Å². The fourth-order valence-corrected chi connectivity index (χ4v) is 10.3. The van der Waals surface area contributed by atoms with Crippen molar-refractivity contribution in [1.82, 2.24) is 10.2 Å². The van der Waals surface area contributed by atoms with Gasteiger partial charge in [0.1, 0.15) is 18.1 Å². The van der Waals surface area contributed by atoms with Crippen LogP contribution < -0.4 is 24.2 Å². The van der Waals surface area contributed by atoms with E-state index in [1.807, 2.05) is 72.8 Å². The lowest BCUT2D eigenvalue weighted by Gasteiger charge is -2.24. The van der Waals surface area contributed by atoms with Gasteiger partial charge in [-0.3, -0.25) is 14.3 Å². The number of rotatable bonds is 13. The average Bonchev–Trinajstić information content (AvgIpc) is 3.61. The molecule has 308 valence electrons. The molecular weight excluding hydrogens is 871 g/mol. The van der Waals surface area contributed by atoms with Crippen molar-refractivity contribution in [3.8, 4) is 11.5 Å². The number of nitrogens with zero attached hydrogens (tertiary/aromatic N) is 1. The second-order valence-electron chi connectivity index (χ2n) is 15.6. The Morgan fingerprint density at radius 3 is 1.56 bits per heavy atom. The van der Waals surface area contributed by atoms with E-state index < -0.39 is 20.0 Å². The molecule has 0 spiro atoms. The molecular formula is C42H51BrCl2N4O6S2. The largest absolute Gasteiger partial charge is 0.491 e. The molecule has 0 radical (unpaired) electrons. The highest BCUT2D eigenvalue weighted by Gasteiger charge is 2.65. The minimum Gasteiger partial charge on any atom is -0.491 e. The van der Waals surface area contributed by atoms with E-state index in [-0.39, 0.29) is 10.8 Å². The van der Waals surface area contributed by atoms with Gasteiger partial charge < -0.3 is 14.8 Å². The van der Waals surface area contributed by atoms with Crippen LogP contribution in [0.25, 0.3) is 0 Å². The number of anilines is 2. The highest BCUT2D eigenvalue weighted by Crippen LogP contribution is 2.63. The van der Waals surface area contributed by atoms with Crippen LogP contribution in [0, 0.1) is 23.7 Å². The van der Waals surface area contributed by atoms with Crippen LogP contribution in [-0.4, -0.2) is 85.5 Å². The molecule has 4 aromatic carbocycles. The van der Waals surface area contributed by atoms with Crippen molar-refractivity contribution < 1.29 is 26.3 Å². The third-order valence-electron chi connectivity index (χ3n) is 11.7. The van der Waals surface area contributed by atoms with E-state index in [0.29, 0.717) is 58.3 Å².